The number of nitrogens with one attached hydrogen (secondary N) is 1. The molecule has 1 atom stereocenters. The molecule has 0 fully saturated rings. The third-order valence-corrected chi connectivity index (χ3v) is 2.62. The molecule has 0 bridgehead atoms. The lowest BCUT2D eigenvalue weighted by molar-refractivity contribution is -0.126. The largest absolute Gasteiger partial charge is 0.382 e. The molecule has 1 aromatic rings. The Labute approximate surface area is 108 Å². The van der Waals surface area contributed by atoms with E-state index in [1.165, 1.54) is 5.56 Å². The lowest BCUT2D eigenvalue weighted by Gasteiger charge is -2.14. The Morgan fingerprint density at radius 2 is 1.94 bits per heavy atom. The Morgan fingerprint density at radius 3 is 2.56 bits per heavy atom. The van der Waals surface area contributed by atoms with Gasteiger partial charge in [-0.05, 0) is 19.4 Å². The average Bonchev–Trinajstić information content (AvgIpc) is 2.35. The van der Waals surface area contributed by atoms with Crippen molar-refractivity contribution in [2.75, 3.05) is 26.9 Å². The summed E-state index contributed by atoms with van der Waals surface area (Å²) in [7, 11) is 1.60. The predicted molar refractivity (Wildman–Crippen MR) is 70.4 cm³/mol. The van der Waals surface area contributed by atoms with Crippen LogP contribution in [-0.4, -0.2) is 32.8 Å². The van der Waals surface area contributed by atoms with Crippen molar-refractivity contribution in [1.82, 2.24) is 5.32 Å². The third-order valence-electron chi connectivity index (χ3n) is 2.62. The third kappa shape index (κ3) is 5.29. The quantitative estimate of drug-likeness (QED) is 0.752. The van der Waals surface area contributed by atoms with Gasteiger partial charge in [-0.15, -0.1) is 0 Å². The molecule has 0 radical (unpaired) electrons. The molecular weight excluding hydrogens is 230 g/mol. The molecule has 4 nitrogen and oxygen atoms in total. The molecule has 0 heterocycles. The van der Waals surface area contributed by atoms with Crippen molar-refractivity contribution in [3.05, 3.63) is 35.4 Å². The summed E-state index contributed by atoms with van der Waals surface area (Å²) >= 11 is 0. The molecule has 0 saturated carbocycles. The van der Waals surface area contributed by atoms with Gasteiger partial charge in [0.15, 0.2) is 0 Å². The van der Waals surface area contributed by atoms with Gasteiger partial charge in [0.25, 0.3) is 0 Å². The number of aryl methyl sites for hydroxylation is 1. The summed E-state index contributed by atoms with van der Waals surface area (Å²) in [5.74, 6) is -0.112. The first kappa shape index (κ1) is 14.7. The predicted octanol–water partition coefficient (Wildman–Crippen LogP) is 1.84. The molecule has 1 amide bonds. The number of carbonyl (C=O) groups excluding carboxylic acids is 1. The van der Waals surface area contributed by atoms with Crippen LogP contribution in [0.2, 0.25) is 0 Å². The van der Waals surface area contributed by atoms with E-state index in [0.717, 1.165) is 5.56 Å². The SMILES string of the molecule is COCCOCC(=O)NC(C)c1ccc(C)cc1. The first-order valence-electron chi connectivity index (χ1n) is 6.06. The van der Waals surface area contributed by atoms with E-state index in [-0.39, 0.29) is 18.6 Å². The number of rotatable bonds is 7. The fraction of sp³-hybridized carbons (Fsp3) is 0.500. The first-order valence-corrected chi connectivity index (χ1v) is 6.06. The summed E-state index contributed by atoms with van der Waals surface area (Å²) in [5.41, 5.74) is 2.30. The molecule has 0 spiro atoms. The van der Waals surface area contributed by atoms with Crippen LogP contribution in [0.15, 0.2) is 24.3 Å². The molecule has 0 aliphatic heterocycles. The van der Waals surface area contributed by atoms with E-state index in [1.807, 2.05) is 38.1 Å². The van der Waals surface area contributed by atoms with Crippen LogP contribution < -0.4 is 5.32 Å². The van der Waals surface area contributed by atoms with Crippen molar-refractivity contribution < 1.29 is 14.3 Å². The highest BCUT2D eigenvalue weighted by Crippen LogP contribution is 2.12. The van der Waals surface area contributed by atoms with Crippen molar-refractivity contribution in [3.8, 4) is 0 Å². The Hall–Kier alpha value is -1.39. The van der Waals surface area contributed by atoms with Gasteiger partial charge >= 0.3 is 0 Å². The molecule has 0 saturated heterocycles. The molecule has 1 N–H and O–H groups in total. The van der Waals surface area contributed by atoms with E-state index in [1.54, 1.807) is 7.11 Å². The van der Waals surface area contributed by atoms with Gasteiger partial charge in [0.05, 0.1) is 19.3 Å². The van der Waals surface area contributed by atoms with Crippen LogP contribution in [0.5, 0.6) is 0 Å². The van der Waals surface area contributed by atoms with Gasteiger partial charge in [-0.2, -0.15) is 0 Å². The molecule has 0 aliphatic rings. The second-order valence-electron chi connectivity index (χ2n) is 4.25. The van der Waals surface area contributed by atoms with Crippen molar-refractivity contribution in [3.63, 3.8) is 0 Å². The topological polar surface area (TPSA) is 47.6 Å². The van der Waals surface area contributed by atoms with Gasteiger partial charge in [-0.3, -0.25) is 4.79 Å². The van der Waals surface area contributed by atoms with Crippen LogP contribution in [0.4, 0.5) is 0 Å². The number of benzene rings is 1. The maximum atomic E-state index is 11.6. The minimum Gasteiger partial charge on any atom is -0.382 e. The van der Waals surface area contributed by atoms with Gasteiger partial charge in [0, 0.05) is 7.11 Å². The summed E-state index contributed by atoms with van der Waals surface area (Å²) in [6, 6.07) is 8.10. The number of amides is 1. The molecule has 18 heavy (non-hydrogen) atoms. The molecule has 1 rings (SSSR count). The fourth-order valence-electron chi connectivity index (χ4n) is 1.53. The molecule has 0 aromatic heterocycles. The van der Waals surface area contributed by atoms with Gasteiger partial charge in [-0.1, -0.05) is 29.8 Å². The highest BCUT2D eigenvalue weighted by atomic mass is 16.5. The van der Waals surface area contributed by atoms with E-state index in [4.69, 9.17) is 9.47 Å². The van der Waals surface area contributed by atoms with Gasteiger partial charge in [0.2, 0.25) is 5.91 Å². The van der Waals surface area contributed by atoms with E-state index in [2.05, 4.69) is 5.32 Å². The van der Waals surface area contributed by atoms with Gasteiger partial charge < -0.3 is 14.8 Å². The van der Waals surface area contributed by atoms with E-state index < -0.39 is 0 Å². The monoisotopic (exact) mass is 251 g/mol. The zero-order chi connectivity index (χ0) is 13.4. The molecule has 1 aromatic carbocycles. The smallest absolute Gasteiger partial charge is 0.246 e. The van der Waals surface area contributed by atoms with E-state index in [9.17, 15) is 4.79 Å². The second-order valence-corrected chi connectivity index (χ2v) is 4.25. The lowest BCUT2D eigenvalue weighted by Crippen LogP contribution is -2.30. The highest BCUT2D eigenvalue weighted by molar-refractivity contribution is 5.77. The second kappa shape index (κ2) is 7.84. The van der Waals surface area contributed by atoms with Crippen molar-refractivity contribution in [2.24, 2.45) is 0 Å². The highest BCUT2D eigenvalue weighted by Gasteiger charge is 2.09. The van der Waals surface area contributed by atoms with E-state index in [0.29, 0.717) is 13.2 Å². The number of hydrogen-bond donors (Lipinski definition) is 1. The molecule has 4 heteroatoms. The minimum absolute atomic E-state index is 0.0101. The van der Waals surface area contributed by atoms with Gasteiger partial charge in [0.1, 0.15) is 6.61 Å². The Morgan fingerprint density at radius 1 is 1.28 bits per heavy atom. The van der Waals surface area contributed by atoms with Crippen LogP contribution in [0.1, 0.15) is 24.1 Å². The standard InChI is InChI=1S/C14H21NO3/c1-11-4-6-13(7-5-11)12(2)15-14(16)10-18-9-8-17-3/h4-7,12H,8-10H2,1-3H3,(H,15,16). The zero-order valence-corrected chi connectivity index (χ0v) is 11.2. The van der Waals surface area contributed by atoms with Crippen LogP contribution in [0, 0.1) is 6.92 Å². The Bertz CT molecular complexity index is 362. The van der Waals surface area contributed by atoms with Crippen LogP contribution >= 0.6 is 0 Å². The summed E-state index contributed by atoms with van der Waals surface area (Å²) < 4.78 is 9.98. The molecular formula is C14H21NO3. The lowest BCUT2D eigenvalue weighted by atomic mass is 10.1. The van der Waals surface area contributed by atoms with Crippen LogP contribution in [0.3, 0.4) is 0 Å². The summed E-state index contributed by atoms with van der Waals surface area (Å²) in [6.07, 6.45) is 0. The van der Waals surface area contributed by atoms with E-state index >= 15 is 0 Å². The normalized spacial score (nSPS) is 12.2. The van der Waals surface area contributed by atoms with Crippen LogP contribution in [0.25, 0.3) is 0 Å². The van der Waals surface area contributed by atoms with Gasteiger partial charge in [-0.25, -0.2) is 0 Å². The summed E-state index contributed by atoms with van der Waals surface area (Å²) in [4.78, 5) is 11.6. The number of carbonyl (C=O) groups is 1. The summed E-state index contributed by atoms with van der Waals surface area (Å²) in [6.45, 7) is 5.00. The minimum atomic E-state index is -0.112. The zero-order valence-electron chi connectivity index (χ0n) is 11.2. The molecule has 0 aliphatic carbocycles. The molecule has 1 unspecified atom stereocenters. The molecule has 100 valence electrons. The number of ether oxygens (including phenoxy) is 2. The van der Waals surface area contributed by atoms with Crippen molar-refractivity contribution in [1.29, 1.82) is 0 Å². The van der Waals surface area contributed by atoms with Crippen molar-refractivity contribution in [2.45, 2.75) is 19.9 Å². The average molecular weight is 251 g/mol. The maximum Gasteiger partial charge on any atom is 0.246 e. The van der Waals surface area contributed by atoms with Crippen LogP contribution in [-0.2, 0) is 14.3 Å². The Kier molecular flexibility index (Phi) is 6.39. The Balaban J connectivity index is 2.33. The maximum absolute atomic E-state index is 11.6. The number of hydrogen-bond acceptors (Lipinski definition) is 3. The van der Waals surface area contributed by atoms with Crippen molar-refractivity contribution >= 4 is 5.91 Å². The summed E-state index contributed by atoms with van der Waals surface area (Å²) in [5, 5.41) is 2.89. The fourth-order valence-corrected chi connectivity index (χ4v) is 1.53. The number of methoxy groups -OCH3 is 1. The first-order chi connectivity index (χ1) is 8.63.